The Hall–Kier alpha value is -1.72. The third-order valence-electron chi connectivity index (χ3n) is 5.99. The van der Waals surface area contributed by atoms with Gasteiger partial charge in [-0.1, -0.05) is 31.0 Å². The van der Waals surface area contributed by atoms with E-state index in [4.69, 9.17) is 4.74 Å². The van der Waals surface area contributed by atoms with Crippen LogP contribution >= 0.6 is 0 Å². The summed E-state index contributed by atoms with van der Waals surface area (Å²) in [5.41, 5.74) is 1.24. The number of rotatable bonds is 4. The quantitative estimate of drug-likeness (QED) is 0.787. The summed E-state index contributed by atoms with van der Waals surface area (Å²) in [4.78, 5) is 30.1. The van der Waals surface area contributed by atoms with E-state index in [0.29, 0.717) is 6.54 Å². The average molecular weight is 342 g/mol. The van der Waals surface area contributed by atoms with E-state index in [-0.39, 0.29) is 11.8 Å². The number of morpholine rings is 1. The van der Waals surface area contributed by atoms with Gasteiger partial charge in [0.2, 0.25) is 5.91 Å². The van der Waals surface area contributed by atoms with Crippen molar-refractivity contribution in [1.82, 2.24) is 9.80 Å². The Morgan fingerprint density at radius 3 is 2.48 bits per heavy atom. The molecule has 4 rings (SSSR count). The van der Waals surface area contributed by atoms with Crippen molar-refractivity contribution < 1.29 is 14.3 Å². The fourth-order valence-electron chi connectivity index (χ4n) is 4.64. The van der Waals surface area contributed by atoms with Gasteiger partial charge in [-0.15, -0.1) is 0 Å². The summed E-state index contributed by atoms with van der Waals surface area (Å²) in [6.07, 6.45) is 4.70. The molecule has 0 aromatic heterocycles. The normalized spacial score (nSPS) is 23.3. The minimum absolute atomic E-state index is 0.0377. The molecular formula is C20H26N2O3. The molecule has 134 valence electrons. The van der Waals surface area contributed by atoms with Gasteiger partial charge in [0, 0.05) is 31.7 Å². The van der Waals surface area contributed by atoms with Gasteiger partial charge in [0.15, 0.2) is 0 Å². The van der Waals surface area contributed by atoms with Crippen molar-refractivity contribution >= 4 is 11.8 Å². The molecule has 0 radical (unpaired) electrons. The Morgan fingerprint density at radius 1 is 1.00 bits per heavy atom. The number of benzene rings is 1. The standard InChI is InChI=1S/C20H26N2O3/c23-18-16-6-1-2-7-17(16)20(8-3-4-9-20)19(24)22(18)11-5-10-21-12-14-25-15-13-21/h1-2,6-7H,3-5,8-15H2. The van der Waals surface area contributed by atoms with Crippen molar-refractivity contribution in [3.63, 3.8) is 0 Å². The van der Waals surface area contributed by atoms with E-state index in [2.05, 4.69) is 4.90 Å². The molecule has 1 saturated carbocycles. The second kappa shape index (κ2) is 6.89. The van der Waals surface area contributed by atoms with Crippen molar-refractivity contribution in [3.05, 3.63) is 35.4 Å². The molecule has 0 bridgehead atoms. The molecule has 2 fully saturated rings. The zero-order valence-corrected chi connectivity index (χ0v) is 14.7. The summed E-state index contributed by atoms with van der Waals surface area (Å²) in [6, 6.07) is 7.73. The highest BCUT2D eigenvalue weighted by molar-refractivity contribution is 6.13. The third-order valence-corrected chi connectivity index (χ3v) is 5.99. The number of nitrogens with zero attached hydrogens (tertiary/aromatic N) is 2. The fourth-order valence-corrected chi connectivity index (χ4v) is 4.64. The van der Waals surface area contributed by atoms with Crippen molar-refractivity contribution in [2.75, 3.05) is 39.4 Å². The molecule has 0 atom stereocenters. The van der Waals surface area contributed by atoms with Gasteiger partial charge >= 0.3 is 0 Å². The van der Waals surface area contributed by atoms with Crippen LogP contribution in [0.1, 0.15) is 48.0 Å². The lowest BCUT2D eigenvalue weighted by Crippen LogP contribution is -2.53. The number of amides is 2. The van der Waals surface area contributed by atoms with Crippen LogP contribution in [0.5, 0.6) is 0 Å². The van der Waals surface area contributed by atoms with E-state index in [1.165, 1.54) is 4.90 Å². The summed E-state index contributed by atoms with van der Waals surface area (Å²) in [5, 5.41) is 0. The number of carbonyl (C=O) groups is 2. The Kier molecular flexibility index (Phi) is 4.61. The molecule has 2 aliphatic heterocycles. The highest BCUT2D eigenvalue weighted by Gasteiger charge is 2.51. The van der Waals surface area contributed by atoms with Crippen LogP contribution in [0, 0.1) is 0 Å². The van der Waals surface area contributed by atoms with Crippen molar-refractivity contribution in [1.29, 1.82) is 0 Å². The van der Waals surface area contributed by atoms with Crippen molar-refractivity contribution in [2.45, 2.75) is 37.5 Å². The number of hydrogen-bond acceptors (Lipinski definition) is 4. The maximum absolute atomic E-state index is 13.3. The molecule has 2 amide bonds. The molecular weight excluding hydrogens is 316 g/mol. The summed E-state index contributed by atoms with van der Waals surface area (Å²) >= 11 is 0. The molecule has 25 heavy (non-hydrogen) atoms. The third kappa shape index (κ3) is 2.89. The SMILES string of the molecule is O=C1c2ccccc2C2(CCCC2)C(=O)N1CCCN1CCOCC1. The van der Waals surface area contributed by atoms with E-state index in [0.717, 1.165) is 76.1 Å². The molecule has 0 unspecified atom stereocenters. The monoisotopic (exact) mass is 342 g/mol. The van der Waals surface area contributed by atoms with Crippen LogP contribution in [-0.2, 0) is 14.9 Å². The first-order chi connectivity index (χ1) is 12.2. The maximum atomic E-state index is 13.3. The summed E-state index contributed by atoms with van der Waals surface area (Å²) < 4.78 is 5.37. The zero-order chi connectivity index (χ0) is 17.3. The van der Waals surface area contributed by atoms with Crippen LogP contribution in [0.15, 0.2) is 24.3 Å². The Labute approximate surface area is 148 Å². The van der Waals surface area contributed by atoms with Gasteiger partial charge in [-0.05, 0) is 30.9 Å². The molecule has 1 aromatic carbocycles. The fraction of sp³-hybridized carbons (Fsp3) is 0.600. The van der Waals surface area contributed by atoms with Crippen LogP contribution < -0.4 is 0 Å². The number of hydrogen-bond donors (Lipinski definition) is 0. The first kappa shape index (κ1) is 16.7. The molecule has 3 aliphatic rings. The molecule has 5 nitrogen and oxygen atoms in total. The number of carbonyl (C=O) groups excluding carboxylic acids is 2. The van der Waals surface area contributed by atoms with Gasteiger partial charge in [0.05, 0.1) is 18.6 Å². The molecule has 1 spiro atoms. The second-order valence-corrected chi connectivity index (χ2v) is 7.40. The zero-order valence-electron chi connectivity index (χ0n) is 14.7. The Morgan fingerprint density at radius 2 is 1.72 bits per heavy atom. The van der Waals surface area contributed by atoms with Crippen LogP contribution in [0.25, 0.3) is 0 Å². The van der Waals surface area contributed by atoms with Crippen molar-refractivity contribution in [2.24, 2.45) is 0 Å². The van der Waals surface area contributed by atoms with E-state index in [1.54, 1.807) is 0 Å². The number of fused-ring (bicyclic) bond motifs is 2. The average Bonchev–Trinajstić information content (AvgIpc) is 3.15. The van der Waals surface area contributed by atoms with E-state index < -0.39 is 5.41 Å². The van der Waals surface area contributed by atoms with Crippen LogP contribution in [0.3, 0.4) is 0 Å². The van der Waals surface area contributed by atoms with E-state index >= 15 is 0 Å². The number of imide groups is 1. The topological polar surface area (TPSA) is 49.9 Å². The Balaban J connectivity index is 1.52. The minimum atomic E-state index is -0.455. The predicted octanol–water partition coefficient (Wildman–Crippen LogP) is 2.20. The highest BCUT2D eigenvalue weighted by Crippen LogP contribution is 2.46. The van der Waals surface area contributed by atoms with Crippen LogP contribution in [0.4, 0.5) is 0 Å². The molecule has 1 saturated heterocycles. The lowest BCUT2D eigenvalue weighted by Gasteiger charge is -2.40. The van der Waals surface area contributed by atoms with Gasteiger partial charge in [0.25, 0.3) is 5.91 Å². The predicted molar refractivity (Wildman–Crippen MR) is 94.5 cm³/mol. The summed E-state index contributed by atoms with van der Waals surface area (Å²) in [5.74, 6) is -0.0734. The molecule has 1 aromatic rings. The van der Waals surface area contributed by atoms with E-state index in [1.807, 2.05) is 24.3 Å². The second-order valence-electron chi connectivity index (χ2n) is 7.40. The molecule has 0 N–H and O–H groups in total. The molecule has 5 heteroatoms. The molecule has 1 aliphatic carbocycles. The smallest absolute Gasteiger partial charge is 0.260 e. The first-order valence-corrected chi connectivity index (χ1v) is 9.48. The van der Waals surface area contributed by atoms with Gasteiger partial charge in [-0.2, -0.15) is 0 Å². The van der Waals surface area contributed by atoms with Crippen molar-refractivity contribution in [3.8, 4) is 0 Å². The lowest BCUT2D eigenvalue weighted by molar-refractivity contribution is -0.135. The van der Waals surface area contributed by atoms with Gasteiger partial charge in [0.1, 0.15) is 0 Å². The molecule has 2 heterocycles. The largest absolute Gasteiger partial charge is 0.379 e. The van der Waals surface area contributed by atoms with E-state index in [9.17, 15) is 9.59 Å². The maximum Gasteiger partial charge on any atom is 0.260 e. The lowest BCUT2D eigenvalue weighted by atomic mass is 9.72. The highest BCUT2D eigenvalue weighted by atomic mass is 16.5. The minimum Gasteiger partial charge on any atom is -0.379 e. The van der Waals surface area contributed by atoms with Gasteiger partial charge < -0.3 is 4.74 Å². The van der Waals surface area contributed by atoms with Crippen LogP contribution in [-0.4, -0.2) is 61.0 Å². The first-order valence-electron chi connectivity index (χ1n) is 9.48. The number of ether oxygens (including phenoxy) is 1. The van der Waals surface area contributed by atoms with Gasteiger partial charge in [-0.3, -0.25) is 19.4 Å². The summed E-state index contributed by atoms with van der Waals surface area (Å²) in [6.45, 7) is 4.86. The Bertz CT molecular complexity index is 661. The van der Waals surface area contributed by atoms with Gasteiger partial charge in [-0.25, -0.2) is 0 Å². The summed E-state index contributed by atoms with van der Waals surface area (Å²) in [7, 11) is 0. The van der Waals surface area contributed by atoms with Crippen LogP contribution in [0.2, 0.25) is 0 Å².